The van der Waals surface area contributed by atoms with Crippen molar-refractivity contribution < 1.29 is 9.63 Å². The van der Waals surface area contributed by atoms with Gasteiger partial charge in [0.2, 0.25) is 0 Å². The van der Waals surface area contributed by atoms with E-state index in [4.69, 9.17) is 4.84 Å². The van der Waals surface area contributed by atoms with Gasteiger partial charge in [0, 0.05) is 23.0 Å². The number of nitrogens with zero attached hydrogens (tertiary/aromatic N) is 2. The maximum atomic E-state index is 12.9. The van der Waals surface area contributed by atoms with E-state index in [1.165, 1.54) is 20.0 Å². The minimum absolute atomic E-state index is 0.0331. The molecular formula is C17H21BrN2O2. The molecule has 22 heavy (non-hydrogen) atoms. The van der Waals surface area contributed by atoms with Gasteiger partial charge < -0.3 is 9.74 Å². The summed E-state index contributed by atoms with van der Waals surface area (Å²) in [4.78, 5) is 19.8. The van der Waals surface area contributed by atoms with Gasteiger partial charge in [0.25, 0.3) is 5.91 Å². The van der Waals surface area contributed by atoms with E-state index in [1.54, 1.807) is 0 Å². The molecule has 1 spiro atoms. The molecule has 0 N–H and O–H groups in total. The van der Waals surface area contributed by atoms with Crippen LogP contribution in [0.4, 0.5) is 0 Å². The topological polar surface area (TPSA) is 41.9 Å². The molecule has 118 valence electrons. The van der Waals surface area contributed by atoms with Crippen LogP contribution in [0.2, 0.25) is 0 Å². The lowest BCUT2D eigenvalue weighted by Gasteiger charge is -2.39. The fraction of sp³-hybridized carbons (Fsp3) is 0.529. The van der Waals surface area contributed by atoms with E-state index in [9.17, 15) is 4.79 Å². The lowest BCUT2D eigenvalue weighted by molar-refractivity contribution is -0.127. The van der Waals surface area contributed by atoms with Gasteiger partial charge in [0.05, 0.1) is 0 Å². The van der Waals surface area contributed by atoms with Crippen molar-refractivity contribution >= 4 is 27.5 Å². The van der Waals surface area contributed by atoms with Crippen LogP contribution < -0.4 is 0 Å². The highest BCUT2D eigenvalue weighted by molar-refractivity contribution is 9.10. The number of hydrogen-bond donors (Lipinski definition) is 0. The Morgan fingerprint density at radius 1 is 1.27 bits per heavy atom. The van der Waals surface area contributed by atoms with Crippen molar-refractivity contribution in [3.63, 3.8) is 0 Å². The predicted octanol–water partition coefficient (Wildman–Crippen LogP) is 3.74. The van der Waals surface area contributed by atoms with E-state index < -0.39 is 0 Å². The average Bonchev–Trinajstić information content (AvgIpc) is 2.98. The van der Waals surface area contributed by atoms with Gasteiger partial charge in [0.15, 0.2) is 5.71 Å². The second-order valence-electron chi connectivity index (χ2n) is 6.18. The number of halogens is 1. The summed E-state index contributed by atoms with van der Waals surface area (Å²) < 4.78 is 1.04. The molecule has 0 bridgehead atoms. The van der Waals surface area contributed by atoms with Gasteiger partial charge in [-0.05, 0) is 30.9 Å². The summed E-state index contributed by atoms with van der Waals surface area (Å²) in [6.07, 6.45) is 5.47. The Hall–Kier alpha value is -1.36. The molecule has 2 fully saturated rings. The molecule has 0 atom stereocenters. The predicted molar refractivity (Wildman–Crippen MR) is 89.5 cm³/mol. The summed E-state index contributed by atoms with van der Waals surface area (Å²) in [7, 11) is 1.52. The van der Waals surface area contributed by atoms with Gasteiger partial charge in [-0.15, -0.1) is 0 Å². The van der Waals surface area contributed by atoms with Crippen LogP contribution in [0.5, 0.6) is 0 Å². The van der Waals surface area contributed by atoms with Crippen LogP contribution in [0.1, 0.15) is 37.7 Å². The molecule has 2 aliphatic rings. The van der Waals surface area contributed by atoms with Crippen molar-refractivity contribution in [2.24, 2.45) is 10.6 Å². The molecule has 1 aliphatic heterocycles. The molecule has 4 nitrogen and oxygen atoms in total. The first-order valence-corrected chi connectivity index (χ1v) is 8.60. The number of carbonyl (C=O) groups excluding carboxylic acids is 1. The average molecular weight is 365 g/mol. The highest BCUT2D eigenvalue weighted by Crippen LogP contribution is 2.45. The Labute approximate surface area is 139 Å². The molecule has 1 aromatic rings. The molecule has 1 aromatic carbocycles. The number of likely N-dealkylation sites (tertiary alicyclic amines) is 1. The van der Waals surface area contributed by atoms with Crippen LogP contribution in [0.3, 0.4) is 0 Å². The van der Waals surface area contributed by atoms with Crippen molar-refractivity contribution in [1.29, 1.82) is 0 Å². The normalized spacial score (nSPS) is 22.5. The smallest absolute Gasteiger partial charge is 0.272 e. The maximum Gasteiger partial charge on any atom is 0.272 e. The minimum atomic E-state index is -0.0441. The van der Waals surface area contributed by atoms with Gasteiger partial charge in [-0.2, -0.15) is 0 Å². The van der Waals surface area contributed by atoms with Crippen LogP contribution in [-0.4, -0.2) is 30.2 Å². The highest BCUT2D eigenvalue weighted by atomic mass is 79.9. The summed E-state index contributed by atoms with van der Waals surface area (Å²) in [5, 5.41) is 4.13. The van der Waals surface area contributed by atoms with E-state index in [0.717, 1.165) is 35.8 Å². The zero-order chi connectivity index (χ0) is 15.6. The Balaban J connectivity index is 1.83. The minimum Gasteiger partial charge on any atom is -0.399 e. The number of amides is 1. The zero-order valence-corrected chi connectivity index (χ0v) is 14.4. The van der Waals surface area contributed by atoms with Gasteiger partial charge in [-0.3, -0.25) is 4.79 Å². The summed E-state index contributed by atoms with van der Waals surface area (Å²) in [6.45, 7) is 1.40. The molecule has 1 aliphatic carbocycles. The van der Waals surface area contributed by atoms with Crippen LogP contribution >= 0.6 is 15.9 Å². The molecule has 0 aromatic heterocycles. The first kappa shape index (κ1) is 15.5. The van der Waals surface area contributed by atoms with Crippen molar-refractivity contribution in [2.45, 2.75) is 38.6 Å². The summed E-state index contributed by atoms with van der Waals surface area (Å²) in [6, 6.07) is 8.03. The summed E-state index contributed by atoms with van der Waals surface area (Å²) in [5.74, 6) is 0.0331. The third-order valence-corrected chi connectivity index (χ3v) is 5.69. The Bertz CT molecular complexity index is 594. The van der Waals surface area contributed by atoms with Gasteiger partial charge in [-0.25, -0.2) is 0 Å². The van der Waals surface area contributed by atoms with Crippen LogP contribution in [-0.2, 0) is 16.2 Å². The van der Waals surface area contributed by atoms with Crippen molar-refractivity contribution in [1.82, 2.24) is 4.90 Å². The van der Waals surface area contributed by atoms with Crippen LogP contribution in [0, 0.1) is 5.41 Å². The van der Waals surface area contributed by atoms with Crippen molar-refractivity contribution in [3.8, 4) is 0 Å². The zero-order valence-electron chi connectivity index (χ0n) is 12.8. The van der Waals surface area contributed by atoms with E-state index in [1.807, 2.05) is 29.2 Å². The monoisotopic (exact) mass is 364 g/mol. The molecule has 1 saturated heterocycles. The summed E-state index contributed by atoms with van der Waals surface area (Å²) >= 11 is 3.56. The molecular weight excluding hydrogens is 344 g/mol. The number of piperidine rings is 1. The number of hydrogen-bond acceptors (Lipinski definition) is 3. The second kappa shape index (κ2) is 6.41. The molecule has 1 amide bonds. The third-order valence-electron chi connectivity index (χ3n) is 4.91. The van der Waals surface area contributed by atoms with Crippen molar-refractivity contribution in [2.75, 3.05) is 13.7 Å². The molecule has 1 heterocycles. The lowest BCUT2D eigenvalue weighted by Crippen LogP contribution is -2.51. The molecule has 1 saturated carbocycles. The van der Waals surface area contributed by atoms with Gasteiger partial charge in [0.1, 0.15) is 7.11 Å². The fourth-order valence-corrected chi connectivity index (χ4v) is 4.10. The second-order valence-corrected chi connectivity index (χ2v) is 7.03. The number of carbonyl (C=O) groups is 1. The molecule has 0 radical (unpaired) electrons. The molecule has 3 rings (SSSR count). The Kier molecular flexibility index (Phi) is 4.52. The third kappa shape index (κ3) is 2.78. The Morgan fingerprint density at radius 3 is 2.68 bits per heavy atom. The van der Waals surface area contributed by atoms with Crippen LogP contribution in [0.15, 0.2) is 33.9 Å². The first-order chi connectivity index (χ1) is 10.7. The van der Waals surface area contributed by atoms with E-state index >= 15 is 0 Å². The van der Waals surface area contributed by atoms with Crippen molar-refractivity contribution in [3.05, 3.63) is 34.3 Å². The Morgan fingerprint density at radius 2 is 2.00 bits per heavy atom. The van der Waals surface area contributed by atoms with E-state index in [-0.39, 0.29) is 11.3 Å². The largest absolute Gasteiger partial charge is 0.399 e. The molecule has 0 unspecified atom stereocenters. The number of oxime groups is 1. The lowest BCUT2D eigenvalue weighted by atomic mass is 9.75. The standard InChI is InChI=1S/C17H21BrN2O2/c1-22-19-15-16(21)20(11-10-17(15)8-4-5-9-17)12-13-6-2-3-7-14(13)18/h2-3,6-7H,4-5,8-12H2,1H3. The highest BCUT2D eigenvalue weighted by Gasteiger charge is 2.47. The van der Waals surface area contributed by atoms with Crippen LogP contribution in [0.25, 0.3) is 0 Å². The van der Waals surface area contributed by atoms with Gasteiger partial charge in [-0.1, -0.05) is 52.1 Å². The quantitative estimate of drug-likeness (QED) is 0.766. The summed E-state index contributed by atoms with van der Waals surface area (Å²) in [5.41, 5.74) is 1.71. The fourth-order valence-electron chi connectivity index (χ4n) is 3.69. The first-order valence-electron chi connectivity index (χ1n) is 7.81. The van der Waals surface area contributed by atoms with Gasteiger partial charge >= 0.3 is 0 Å². The van der Waals surface area contributed by atoms with E-state index in [2.05, 4.69) is 21.1 Å². The SMILES string of the molecule is CON=C1C(=O)N(Cc2ccccc2Br)CCC12CCCC2. The molecule has 5 heteroatoms. The number of rotatable bonds is 3. The van der Waals surface area contributed by atoms with E-state index in [0.29, 0.717) is 12.3 Å². The number of benzene rings is 1. The maximum absolute atomic E-state index is 12.9.